The summed E-state index contributed by atoms with van der Waals surface area (Å²) in [5, 5.41) is 4.80. The van der Waals surface area contributed by atoms with Gasteiger partial charge in [0.15, 0.2) is 0 Å². The molecule has 0 spiro atoms. The van der Waals surface area contributed by atoms with Gasteiger partial charge in [-0.2, -0.15) is 5.10 Å². The molecule has 0 atom stereocenters. The van der Waals surface area contributed by atoms with Crippen LogP contribution >= 0.6 is 11.6 Å². The highest BCUT2D eigenvalue weighted by Crippen LogP contribution is 2.23. The zero-order chi connectivity index (χ0) is 12.7. The fourth-order valence-corrected chi connectivity index (χ4v) is 2.14. The summed E-state index contributed by atoms with van der Waals surface area (Å²) in [5.74, 6) is 0. The summed E-state index contributed by atoms with van der Waals surface area (Å²) in [5.41, 5.74) is 4.53. The molecule has 0 bridgehead atoms. The molecule has 3 rings (SSSR count). The highest BCUT2D eigenvalue weighted by molar-refractivity contribution is 6.29. The first kappa shape index (κ1) is 11.2. The van der Waals surface area contributed by atoms with E-state index in [1.807, 2.05) is 38.4 Å². The minimum absolute atomic E-state index is 0.481. The smallest absolute Gasteiger partial charge is 0.129 e. The molecule has 3 aromatic heterocycles. The number of rotatable bonds is 1. The van der Waals surface area contributed by atoms with E-state index in [2.05, 4.69) is 15.1 Å². The standard InChI is InChI=1S/C13H11ClN4/c1-8-9(7-18(2)17-8)10-3-4-12-11(15-10)5-6-13(14)16-12/h3-7H,1-2H3. The monoisotopic (exact) mass is 258 g/mol. The first-order valence-electron chi connectivity index (χ1n) is 5.57. The predicted molar refractivity (Wildman–Crippen MR) is 71.5 cm³/mol. The number of hydrogen-bond acceptors (Lipinski definition) is 3. The molecule has 0 amide bonds. The largest absolute Gasteiger partial charge is 0.275 e. The lowest BCUT2D eigenvalue weighted by atomic mass is 10.1. The minimum atomic E-state index is 0.481. The van der Waals surface area contributed by atoms with Crippen LogP contribution in [0.15, 0.2) is 30.5 Å². The highest BCUT2D eigenvalue weighted by Gasteiger charge is 2.08. The van der Waals surface area contributed by atoms with Gasteiger partial charge >= 0.3 is 0 Å². The topological polar surface area (TPSA) is 43.6 Å². The van der Waals surface area contributed by atoms with Crippen LogP contribution in [0.1, 0.15) is 5.69 Å². The Bertz CT molecular complexity index is 733. The van der Waals surface area contributed by atoms with Gasteiger partial charge in [-0.15, -0.1) is 0 Å². The van der Waals surface area contributed by atoms with Crippen LogP contribution in [0.2, 0.25) is 5.15 Å². The second-order valence-electron chi connectivity index (χ2n) is 4.17. The number of fused-ring (bicyclic) bond motifs is 1. The Morgan fingerprint density at radius 3 is 2.50 bits per heavy atom. The molecule has 0 unspecified atom stereocenters. The van der Waals surface area contributed by atoms with Crippen molar-refractivity contribution in [3.05, 3.63) is 41.3 Å². The van der Waals surface area contributed by atoms with E-state index in [0.717, 1.165) is 28.0 Å². The van der Waals surface area contributed by atoms with Gasteiger partial charge in [0.1, 0.15) is 5.15 Å². The fraction of sp³-hybridized carbons (Fsp3) is 0.154. The van der Waals surface area contributed by atoms with E-state index in [-0.39, 0.29) is 0 Å². The molecule has 0 fully saturated rings. The summed E-state index contributed by atoms with van der Waals surface area (Å²) in [6.45, 7) is 1.97. The van der Waals surface area contributed by atoms with Crippen molar-refractivity contribution in [3.8, 4) is 11.3 Å². The Balaban J connectivity index is 2.19. The quantitative estimate of drug-likeness (QED) is 0.630. The molecule has 0 aromatic carbocycles. The zero-order valence-electron chi connectivity index (χ0n) is 10.1. The van der Waals surface area contributed by atoms with Crippen LogP contribution in [0.3, 0.4) is 0 Å². The van der Waals surface area contributed by atoms with Crippen LogP contribution in [0.4, 0.5) is 0 Å². The second kappa shape index (κ2) is 4.07. The van der Waals surface area contributed by atoms with Crippen molar-refractivity contribution in [1.82, 2.24) is 19.7 Å². The molecule has 3 aromatic rings. The molecule has 0 aliphatic heterocycles. The normalized spacial score (nSPS) is 11.1. The molecule has 0 saturated heterocycles. The predicted octanol–water partition coefficient (Wildman–Crippen LogP) is 2.99. The van der Waals surface area contributed by atoms with Crippen molar-refractivity contribution in [2.75, 3.05) is 0 Å². The molecule has 0 aliphatic rings. The van der Waals surface area contributed by atoms with Crippen molar-refractivity contribution in [2.24, 2.45) is 7.05 Å². The average molecular weight is 259 g/mol. The molecule has 3 heterocycles. The molecule has 4 nitrogen and oxygen atoms in total. The van der Waals surface area contributed by atoms with Crippen LogP contribution in [-0.2, 0) is 7.05 Å². The van der Waals surface area contributed by atoms with E-state index >= 15 is 0 Å². The van der Waals surface area contributed by atoms with Crippen LogP contribution in [0, 0.1) is 6.92 Å². The van der Waals surface area contributed by atoms with E-state index in [9.17, 15) is 0 Å². The third kappa shape index (κ3) is 1.84. The molecule has 0 N–H and O–H groups in total. The van der Waals surface area contributed by atoms with Gasteiger partial charge in [0.2, 0.25) is 0 Å². The summed E-state index contributed by atoms with van der Waals surface area (Å²) in [6, 6.07) is 7.49. The first-order valence-corrected chi connectivity index (χ1v) is 5.95. The molecule has 0 saturated carbocycles. The lowest BCUT2D eigenvalue weighted by Gasteiger charge is -2.01. The van der Waals surface area contributed by atoms with Crippen molar-refractivity contribution in [3.63, 3.8) is 0 Å². The third-order valence-corrected chi connectivity index (χ3v) is 3.01. The van der Waals surface area contributed by atoms with Crippen molar-refractivity contribution in [2.45, 2.75) is 6.92 Å². The molecule has 90 valence electrons. The van der Waals surface area contributed by atoms with Gasteiger partial charge in [-0.25, -0.2) is 9.97 Å². The molecular weight excluding hydrogens is 248 g/mol. The van der Waals surface area contributed by atoms with Crippen LogP contribution in [0.25, 0.3) is 22.3 Å². The average Bonchev–Trinajstić information content (AvgIpc) is 2.68. The van der Waals surface area contributed by atoms with E-state index in [1.165, 1.54) is 0 Å². The number of halogens is 1. The van der Waals surface area contributed by atoms with Crippen molar-refractivity contribution < 1.29 is 0 Å². The van der Waals surface area contributed by atoms with E-state index in [4.69, 9.17) is 11.6 Å². The van der Waals surface area contributed by atoms with E-state index in [0.29, 0.717) is 5.15 Å². The SMILES string of the molecule is Cc1nn(C)cc1-c1ccc2nc(Cl)ccc2n1. The molecule has 0 aliphatic carbocycles. The number of aryl methyl sites for hydroxylation is 2. The van der Waals surface area contributed by atoms with Crippen molar-refractivity contribution >= 4 is 22.6 Å². The first-order chi connectivity index (χ1) is 8.63. The number of aromatic nitrogens is 4. The van der Waals surface area contributed by atoms with Gasteiger partial charge in [-0.1, -0.05) is 11.6 Å². The zero-order valence-corrected chi connectivity index (χ0v) is 10.8. The number of pyridine rings is 2. The lowest BCUT2D eigenvalue weighted by Crippen LogP contribution is -1.88. The molecular formula is C13H11ClN4. The maximum Gasteiger partial charge on any atom is 0.129 e. The Labute approximate surface area is 109 Å². The Morgan fingerprint density at radius 2 is 1.78 bits per heavy atom. The van der Waals surface area contributed by atoms with Crippen LogP contribution in [0.5, 0.6) is 0 Å². The Kier molecular flexibility index (Phi) is 2.52. The third-order valence-electron chi connectivity index (χ3n) is 2.80. The molecule has 18 heavy (non-hydrogen) atoms. The fourth-order valence-electron chi connectivity index (χ4n) is 1.99. The van der Waals surface area contributed by atoms with Gasteiger partial charge in [0.25, 0.3) is 0 Å². The summed E-state index contributed by atoms with van der Waals surface area (Å²) >= 11 is 5.85. The van der Waals surface area contributed by atoms with Crippen LogP contribution in [-0.4, -0.2) is 19.7 Å². The van der Waals surface area contributed by atoms with Crippen LogP contribution < -0.4 is 0 Å². The number of hydrogen-bond donors (Lipinski definition) is 0. The minimum Gasteiger partial charge on any atom is -0.275 e. The maximum absolute atomic E-state index is 5.85. The Morgan fingerprint density at radius 1 is 1.06 bits per heavy atom. The van der Waals surface area contributed by atoms with Crippen molar-refractivity contribution in [1.29, 1.82) is 0 Å². The van der Waals surface area contributed by atoms with Gasteiger partial charge in [-0.3, -0.25) is 4.68 Å². The van der Waals surface area contributed by atoms with Gasteiger partial charge < -0.3 is 0 Å². The summed E-state index contributed by atoms with van der Waals surface area (Å²) < 4.78 is 1.79. The summed E-state index contributed by atoms with van der Waals surface area (Å²) in [7, 11) is 1.90. The second-order valence-corrected chi connectivity index (χ2v) is 4.56. The van der Waals surface area contributed by atoms with E-state index in [1.54, 1.807) is 10.7 Å². The van der Waals surface area contributed by atoms with Gasteiger partial charge in [0.05, 0.1) is 22.4 Å². The van der Waals surface area contributed by atoms with Gasteiger partial charge in [0, 0.05) is 18.8 Å². The summed E-state index contributed by atoms with van der Waals surface area (Å²) in [6.07, 6.45) is 1.97. The lowest BCUT2D eigenvalue weighted by molar-refractivity contribution is 0.756. The highest BCUT2D eigenvalue weighted by atomic mass is 35.5. The number of nitrogens with zero attached hydrogens (tertiary/aromatic N) is 4. The molecule has 5 heteroatoms. The molecule has 0 radical (unpaired) electrons. The Hall–Kier alpha value is -1.94. The van der Waals surface area contributed by atoms with Gasteiger partial charge in [-0.05, 0) is 31.2 Å². The van der Waals surface area contributed by atoms with E-state index < -0.39 is 0 Å². The summed E-state index contributed by atoms with van der Waals surface area (Å²) in [4.78, 5) is 8.81. The maximum atomic E-state index is 5.85.